The molecule has 0 aromatic heterocycles. The van der Waals surface area contributed by atoms with Gasteiger partial charge in [-0.1, -0.05) is 6.92 Å². The number of nitrogens with zero attached hydrogens (tertiary/aromatic N) is 2. The van der Waals surface area contributed by atoms with Crippen LogP contribution in [0.2, 0.25) is 0 Å². The van der Waals surface area contributed by atoms with Gasteiger partial charge in [-0.15, -0.1) is 0 Å². The number of guanidine groups is 1. The predicted molar refractivity (Wildman–Crippen MR) is 41.5 cm³/mol. The van der Waals surface area contributed by atoms with E-state index < -0.39 is 5.03 Å². The van der Waals surface area contributed by atoms with Gasteiger partial charge in [-0.25, -0.2) is 10.1 Å². The van der Waals surface area contributed by atoms with Crippen molar-refractivity contribution >= 4 is 5.96 Å². The molecule has 0 spiro atoms. The molecule has 0 aromatic rings. The lowest BCUT2D eigenvalue weighted by atomic mass is 10.3. The lowest BCUT2D eigenvalue weighted by Crippen LogP contribution is -2.38. The maximum absolute atomic E-state index is 9.78. The number of nitrogens with one attached hydrogen (secondary N) is 1. The number of hydrazone groups is 1. The highest BCUT2D eigenvalue weighted by molar-refractivity contribution is 5.77. The smallest absolute Gasteiger partial charge is 0.266 e. The van der Waals surface area contributed by atoms with Crippen LogP contribution in [-0.4, -0.2) is 17.0 Å². The van der Waals surface area contributed by atoms with Gasteiger partial charge >= 0.3 is 0 Å². The van der Waals surface area contributed by atoms with Crippen molar-refractivity contribution in [3.8, 4) is 0 Å². The first-order valence-corrected chi connectivity index (χ1v) is 3.31. The van der Waals surface area contributed by atoms with Gasteiger partial charge in [0.25, 0.3) is 5.96 Å². The zero-order chi connectivity index (χ0) is 8.85. The van der Waals surface area contributed by atoms with Crippen LogP contribution >= 0.6 is 0 Å². The van der Waals surface area contributed by atoms with Gasteiger partial charge in [0.1, 0.15) is 5.10 Å². The summed E-state index contributed by atoms with van der Waals surface area (Å²) in [6.45, 7) is 3.80. The molecule has 0 aliphatic carbocycles. The topological polar surface area (TPSA) is 93.5 Å². The molecule has 0 saturated heterocycles. The molecule has 0 aliphatic heterocycles. The first-order chi connectivity index (χ1) is 5.06. The quantitative estimate of drug-likeness (QED) is 0.260. The van der Waals surface area contributed by atoms with E-state index in [1.807, 2.05) is 13.8 Å². The molecule has 0 rings (SSSR count). The van der Waals surface area contributed by atoms with Gasteiger partial charge in [-0.3, -0.25) is 0 Å². The number of nitrogens with two attached hydrogens (primary N) is 1. The summed E-state index contributed by atoms with van der Waals surface area (Å²) in [5.74, 6) is -0.149. The molecule has 0 fully saturated rings. The monoisotopic (exact) mass is 160 g/mol. The molecule has 0 heterocycles. The maximum atomic E-state index is 9.78. The Labute approximate surface area is 64.6 Å². The zero-order valence-electron chi connectivity index (χ0n) is 6.57. The van der Waals surface area contributed by atoms with E-state index in [0.717, 1.165) is 6.42 Å². The van der Waals surface area contributed by atoms with Crippen LogP contribution in [0.1, 0.15) is 20.3 Å². The molecule has 3 N–H and O–H groups in total. The van der Waals surface area contributed by atoms with E-state index in [4.69, 9.17) is 5.73 Å². The second-order valence-electron chi connectivity index (χ2n) is 2.18. The van der Waals surface area contributed by atoms with Crippen LogP contribution in [-0.2, 0) is 0 Å². The SMILES string of the molecule is CC[C@@H](C)N/C(N)=N\[N+](=O)[O-]. The Kier molecular flexibility index (Phi) is 3.94. The third kappa shape index (κ3) is 5.13. The molecule has 1 atom stereocenters. The van der Waals surface area contributed by atoms with Crippen LogP contribution in [0.15, 0.2) is 5.10 Å². The van der Waals surface area contributed by atoms with Crippen molar-refractivity contribution in [1.82, 2.24) is 5.32 Å². The highest BCUT2D eigenvalue weighted by Gasteiger charge is 2.02. The van der Waals surface area contributed by atoms with E-state index >= 15 is 0 Å². The molecule has 0 saturated carbocycles. The summed E-state index contributed by atoms with van der Waals surface area (Å²) < 4.78 is 0. The van der Waals surface area contributed by atoms with Crippen LogP contribution in [0.5, 0.6) is 0 Å². The first-order valence-electron chi connectivity index (χ1n) is 3.31. The fourth-order valence-corrected chi connectivity index (χ4v) is 0.471. The molecule has 11 heavy (non-hydrogen) atoms. The molecular formula is C5H12N4O2. The first kappa shape index (κ1) is 9.67. The van der Waals surface area contributed by atoms with Crippen molar-refractivity contribution in [1.29, 1.82) is 0 Å². The third-order valence-electron chi connectivity index (χ3n) is 1.20. The Morgan fingerprint density at radius 2 is 2.45 bits per heavy atom. The van der Waals surface area contributed by atoms with Gasteiger partial charge in [0.05, 0.1) is 0 Å². The average Bonchev–Trinajstić information content (AvgIpc) is 1.85. The zero-order valence-corrected chi connectivity index (χ0v) is 6.57. The fourth-order valence-electron chi connectivity index (χ4n) is 0.471. The second-order valence-corrected chi connectivity index (χ2v) is 2.18. The Balaban J connectivity index is 3.85. The van der Waals surface area contributed by atoms with Crippen LogP contribution in [0.25, 0.3) is 0 Å². The highest BCUT2D eigenvalue weighted by atomic mass is 16.7. The molecular weight excluding hydrogens is 148 g/mol. The number of rotatable bonds is 3. The predicted octanol–water partition coefficient (Wildman–Crippen LogP) is -0.119. The fraction of sp³-hybridized carbons (Fsp3) is 0.800. The molecule has 6 nitrogen and oxygen atoms in total. The summed E-state index contributed by atoms with van der Waals surface area (Å²) in [6, 6.07) is 0.110. The minimum Gasteiger partial charge on any atom is -0.365 e. The normalized spacial score (nSPS) is 14.2. The molecule has 0 radical (unpaired) electrons. The molecule has 0 unspecified atom stereocenters. The van der Waals surface area contributed by atoms with Gasteiger partial charge in [0, 0.05) is 6.04 Å². The van der Waals surface area contributed by atoms with Gasteiger partial charge < -0.3 is 11.1 Å². The van der Waals surface area contributed by atoms with E-state index in [0.29, 0.717) is 0 Å². The molecule has 0 aliphatic rings. The van der Waals surface area contributed by atoms with Crippen molar-refractivity contribution in [2.45, 2.75) is 26.3 Å². The van der Waals surface area contributed by atoms with E-state index in [1.54, 1.807) is 0 Å². The Hall–Kier alpha value is -1.33. The molecule has 0 amide bonds. The van der Waals surface area contributed by atoms with E-state index in [9.17, 15) is 10.1 Å². The Morgan fingerprint density at radius 3 is 2.82 bits per heavy atom. The summed E-state index contributed by atoms with van der Waals surface area (Å²) in [5, 5.41) is 14.5. The van der Waals surface area contributed by atoms with Crippen molar-refractivity contribution in [2.75, 3.05) is 0 Å². The number of hydrogen-bond acceptors (Lipinski definition) is 2. The van der Waals surface area contributed by atoms with E-state index in [-0.39, 0.29) is 12.0 Å². The number of hydrogen-bond donors (Lipinski definition) is 2. The lowest BCUT2D eigenvalue weighted by molar-refractivity contribution is -0.485. The highest BCUT2D eigenvalue weighted by Crippen LogP contribution is 1.85. The molecule has 64 valence electrons. The number of nitro groups is 1. The van der Waals surface area contributed by atoms with Gasteiger partial charge in [0.15, 0.2) is 5.03 Å². The van der Waals surface area contributed by atoms with Crippen LogP contribution in [0.4, 0.5) is 0 Å². The standard InChI is InChI=1S/C5H12N4O2/c1-3-4(2)7-5(6)8-9(10)11/h4H,3H2,1-2H3,(H3,6,7,8)/t4-/m1/s1. The maximum Gasteiger partial charge on any atom is 0.266 e. The van der Waals surface area contributed by atoms with Gasteiger partial charge in [0.2, 0.25) is 0 Å². The second kappa shape index (κ2) is 4.48. The van der Waals surface area contributed by atoms with Crippen molar-refractivity contribution in [3.63, 3.8) is 0 Å². The Bertz CT molecular complexity index is 168. The molecule has 0 bridgehead atoms. The van der Waals surface area contributed by atoms with Crippen molar-refractivity contribution in [3.05, 3.63) is 10.1 Å². The summed E-state index contributed by atoms with van der Waals surface area (Å²) in [4.78, 5) is 9.78. The lowest BCUT2D eigenvalue weighted by Gasteiger charge is -2.08. The molecule has 6 heteroatoms. The summed E-state index contributed by atoms with van der Waals surface area (Å²) in [7, 11) is 0. The van der Waals surface area contributed by atoms with Crippen LogP contribution in [0, 0.1) is 10.1 Å². The molecule has 0 aromatic carbocycles. The van der Waals surface area contributed by atoms with Gasteiger partial charge in [-0.2, -0.15) is 0 Å². The average molecular weight is 160 g/mol. The van der Waals surface area contributed by atoms with Crippen LogP contribution < -0.4 is 11.1 Å². The minimum atomic E-state index is -0.829. The summed E-state index contributed by atoms with van der Waals surface area (Å²) in [5.41, 5.74) is 5.15. The third-order valence-corrected chi connectivity index (χ3v) is 1.20. The van der Waals surface area contributed by atoms with Crippen LogP contribution in [0.3, 0.4) is 0 Å². The minimum absolute atomic E-state index is 0.110. The van der Waals surface area contributed by atoms with Crippen molar-refractivity contribution < 1.29 is 5.03 Å². The van der Waals surface area contributed by atoms with Crippen molar-refractivity contribution in [2.24, 2.45) is 10.8 Å². The van der Waals surface area contributed by atoms with E-state index in [1.165, 1.54) is 0 Å². The largest absolute Gasteiger partial charge is 0.365 e. The summed E-state index contributed by atoms with van der Waals surface area (Å²) in [6.07, 6.45) is 0.841. The summed E-state index contributed by atoms with van der Waals surface area (Å²) >= 11 is 0. The van der Waals surface area contributed by atoms with Gasteiger partial charge in [-0.05, 0) is 13.3 Å². The van der Waals surface area contributed by atoms with E-state index in [2.05, 4.69) is 10.4 Å². The Morgan fingerprint density at radius 1 is 1.91 bits per heavy atom.